The molecule has 0 aliphatic carbocycles. The van der Waals surface area contributed by atoms with Crippen LogP contribution in [0, 0.1) is 32.5 Å². The fourth-order valence-electron chi connectivity index (χ4n) is 4.15. The molecule has 0 spiro atoms. The number of amides is 1. The van der Waals surface area contributed by atoms with Crippen LogP contribution in [0.3, 0.4) is 0 Å². The minimum Gasteiger partial charge on any atom is -0.355 e. The molecule has 0 radical (unpaired) electrons. The number of aryl methyl sites for hydroxylation is 3. The van der Waals surface area contributed by atoms with Crippen molar-refractivity contribution in [3.05, 3.63) is 76.4 Å². The Morgan fingerprint density at radius 2 is 1.89 bits per heavy atom. The highest BCUT2D eigenvalue weighted by molar-refractivity contribution is 7.89. The zero-order valence-corrected chi connectivity index (χ0v) is 20.7. The average molecular weight is 498 g/mol. The van der Waals surface area contributed by atoms with E-state index in [0.29, 0.717) is 30.6 Å². The molecule has 4 rings (SSSR count). The van der Waals surface area contributed by atoms with Crippen molar-refractivity contribution in [1.29, 1.82) is 0 Å². The van der Waals surface area contributed by atoms with Gasteiger partial charge in [-0.05, 0) is 69.0 Å². The summed E-state index contributed by atoms with van der Waals surface area (Å²) in [6.45, 7) is 5.63. The Hall–Kier alpha value is -3.30. The van der Waals surface area contributed by atoms with Crippen LogP contribution in [0.5, 0.6) is 0 Å². The third-order valence-electron chi connectivity index (χ3n) is 6.14. The first-order valence-electron chi connectivity index (χ1n) is 11.4. The van der Waals surface area contributed by atoms with E-state index in [1.165, 1.54) is 22.5 Å². The smallest absolute Gasteiger partial charge is 0.248 e. The summed E-state index contributed by atoms with van der Waals surface area (Å²) >= 11 is 0. The lowest BCUT2D eigenvalue weighted by molar-refractivity contribution is -0.120. The summed E-state index contributed by atoms with van der Waals surface area (Å²) in [5.74, 6) is -1.06. The number of hydrogen-bond donors (Lipinski definition) is 1. The Bertz CT molecular complexity index is 1360. The number of carbonyl (C=O) groups excluding carboxylic acids is 1. The molecule has 0 bridgehead atoms. The summed E-state index contributed by atoms with van der Waals surface area (Å²) in [7, 11) is -3.95. The van der Waals surface area contributed by atoms with Crippen molar-refractivity contribution < 1.29 is 22.1 Å². The fourth-order valence-corrected chi connectivity index (χ4v) is 5.93. The average Bonchev–Trinajstić information content (AvgIpc) is 3.21. The summed E-state index contributed by atoms with van der Waals surface area (Å²) in [4.78, 5) is 12.9. The van der Waals surface area contributed by atoms with Gasteiger partial charge in [-0.25, -0.2) is 12.8 Å². The number of halogens is 1. The SMILES string of the molecule is Cc1ccc(/C=C/c2onc(C)c2S(=O)(=O)N2CCC[C@H](C(=O)Nc3ccc(F)cc3C)C2)cc1. The maximum Gasteiger partial charge on any atom is 0.248 e. The van der Waals surface area contributed by atoms with Gasteiger partial charge < -0.3 is 9.84 Å². The molecule has 1 aliphatic rings. The summed E-state index contributed by atoms with van der Waals surface area (Å²) in [6.07, 6.45) is 4.47. The van der Waals surface area contributed by atoms with Crippen LogP contribution in [-0.2, 0) is 14.8 Å². The van der Waals surface area contributed by atoms with Crippen LogP contribution in [0.15, 0.2) is 51.9 Å². The molecule has 1 N–H and O–H groups in total. The normalized spacial score (nSPS) is 17.1. The highest BCUT2D eigenvalue weighted by atomic mass is 32.2. The second kappa shape index (κ2) is 10.1. The number of piperidine rings is 1. The number of aromatic nitrogens is 1. The number of sulfonamides is 1. The molecule has 0 saturated carbocycles. The maximum atomic E-state index is 13.6. The van der Waals surface area contributed by atoms with Gasteiger partial charge in [0.15, 0.2) is 10.7 Å². The molecule has 1 atom stereocenters. The first-order chi connectivity index (χ1) is 16.6. The number of nitrogens with zero attached hydrogens (tertiary/aromatic N) is 2. The van der Waals surface area contributed by atoms with E-state index in [1.807, 2.05) is 31.2 Å². The van der Waals surface area contributed by atoms with Crippen molar-refractivity contribution in [1.82, 2.24) is 9.46 Å². The minimum absolute atomic E-state index is 0.0105. The van der Waals surface area contributed by atoms with Gasteiger partial charge in [0, 0.05) is 18.8 Å². The second-order valence-corrected chi connectivity index (χ2v) is 10.7. The van der Waals surface area contributed by atoms with Gasteiger partial charge in [0.2, 0.25) is 15.9 Å². The number of hydrogen-bond acceptors (Lipinski definition) is 5. The predicted octanol–water partition coefficient (Wildman–Crippen LogP) is 4.95. The molecule has 35 heavy (non-hydrogen) atoms. The van der Waals surface area contributed by atoms with Gasteiger partial charge in [0.1, 0.15) is 11.5 Å². The number of rotatable bonds is 6. The Morgan fingerprint density at radius 3 is 2.60 bits per heavy atom. The Kier molecular flexibility index (Phi) is 7.18. The number of carbonyl (C=O) groups is 1. The van der Waals surface area contributed by atoms with Crippen LogP contribution >= 0.6 is 0 Å². The number of anilines is 1. The minimum atomic E-state index is -3.95. The maximum absolute atomic E-state index is 13.6. The molecule has 1 saturated heterocycles. The van der Waals surface area contributed by atoms with E-state index >= 15 is 0 Å². The van der Waals surface area contributed by atoms with Crippen LogP contribution in [0.2, 0.25) is 0 Å². The first-order valence-corrected chi connectivity index (χ1v) is 12.9. The number of benzene rings is 2. The second-order valence-electron chi connectivity index (χ2n) is 8.86. The highest BCUT2D eigenvalue weighted by Gasteiger charge is 2.37. The van der Waals surface area contributed by atoms with Crippen LogP contribution in [0.25, 0.3) is 12.2 Å². The van der Waals surface area contributed by atoms with E-state index < -0.39 is 15.9 Å². The van der Waals surface area contributed by atoms with Crippen molar-refractivity contribution in [3.8, 4) is 0 Å². The van der Waals surface area contributed by atoms with Crippen molar-refractivity contribution in [2.24, 2.45) is 5.92 Å². The fraction of sp³-hybridized carbons (Fsp3) is 0.308. The monoisotopic (exact) mass is 497 g/mol. The molecule has 1 aromatic heterocycles. The Morgan fingerprint density at radius 1 is 1.14 bits per heavy atom. The van der Waals surface area contributed by atoms with Crippen molar-refractivity contribution in [2.75, 3.05) is 18.4 Å². The topological polar surface area (TPSA) is 92.5 Å². The third-order valence-corrected chi connectivity index (χ3v) is 8.16. The lowest BCUT2D eigenvalue weighted by Gasteiger charge is -2.31. The quantitative estimate of drug-likeness (QED) is 0.520. The van der Waals surface area contributed by atoms with Crippen LogP contribution < -0.4 is 5.32 Å². The van der Waals surface area contributed by atoms with Gasteiger partial charge in [-0.2, -0.15) is 4.31 Å². The zero-order chi connectivity index (χ0) is 25.2. The van der Waals surface area contributed by atoms with E-state index in [9.17, 15) is 17.6 Å². The molecule has 7 nitrogen and oxygen atoms in total. The lowest BCUT2D eigenvalue weighted by Crippen LogP contribution is -2.44. The largest absolute Gasteiger partial charge is 0.355 e. The Labute approximate surface area is 204 Å². The molecule has 3 aromatic rings. The summed E-state index contributed by atoms with van der Waals surface area (Å²) in [6, 6.07) is 11.9. The Balaban J connectivity index is 1.53. The van der Waals surface area contributed by atoms with Crippen molar-refractivity contribution in [2.45, 2.75) is 38.5 Å². The van der Waals surface area contributed by atoms with Gasteiger partial charge in [0.25, 0.3) is 0 Å². The lowest BCUT2D eigenvalue weighted by atomic mass is 9.98. The molecular weight excluding hydrogens is 469 g/mol. The summed E-state index contributed by atoms with van der Waals surface area (Å²) < 4.78 is 47.2. The van der Waals surface area contributed by atoms with Crippen molar-refractivity contribution >= 4 is 33.8 Å². The molecule has 2 heterocycles. The molecule has 184 valence electrons. The molecule has 1 fully saturated rings. The van der Waals surface area contributed by atoms with Gasteiger partial charge in [-0.3, -0.25) is 4.79 Å². The van der Waals surface area contributed by atoms with Gasteiger partial charge in [0.05, 0.1) is 5.92 Å². The van der Waals surface area contributed by atoms with Crippen LogP contribution in [0.4, 0.5) is 10.1 Å². The molecule has 0 unspecified atom stereocenters. The molecular formula is C26H28FN3O4S. The molecule has 1 aliphatic heterocycles. The van der Waals surface area contributed by atoms with Crippen LogP contribution in [-0.4, -0.2) is 36.9 Å². The van der Waals surface area contributed by atoms with E-state index in [4.69, 9.17) is 4.52 Å². The number of nitrogens with one attached hydrogen (secondary N) is 1. The van der Waals surface area contributed by atoms with E-state index in [0.717, 1.165) is 11.1 Å². The van der Waals surface area contributed by atoms with E-state index in [-0.39, 0.29) is 34.6 Å². The molecule has 2 aromatic carbocycles. The van der Waals surface area contributed by atoms with Gasteiger partial charge >= 0.3 is 0 Å². The van der Waals surface area contributed by atoms with Gasteiger partial charge in [-0.15, -0.1) is 0 Å². The van der Waals surface area contributed by atoms with Crippen molar-refractivity contribution in [3.63, 3.8) is 0 Å². The molecule has 1 amide bonds. The van der Waals surface area contributed by atoms with E-state index in [1.54, 1.807) is 26.0 Å². The van der Waals surface area contributed by atoms with Crippen LogP contribution in [0.1, 0.15) is 41.0 Å². The summed E-state index contributed by atoms with van der Waals surface area (Å²) in [5, 5.41) is 6.70. The standard InChI is InChI=1S/C26H28FN3O4S/c1-17-6-8-20(9-7-17)10-13-24-25(19(3)29-34-24)35(32,33)30-14-4-5-21(16-30)26(31)28-23-12-11-22(27)15-18(23)2/h6-13,15,21H,4-5,14,16H2,1-3H3,(H,28,31)/b13-10+/t21-/m0/s1. The summed E-state index contributed by atoms with van der Waals surface area (Å²) in [5.41, 5.74) is 3.40. The molecule has 9 heteroatoms. The van der Waals surface area contributed by atoms with E-state index in [2.05, 4.69) is 10.5 Å². The van der Waals surface area contributed by atoms with Gasteiger partial charge in [-0.1, -0.05) is 41.1 Å². The third kappa shape index (κ3) is 5.52. The predicted molar refractivity (Wildman–Crippen MR) is 133 cm³/mol. The first kappa shape index (κ1) is 24.8. The zero-order valence-electron chi connectivity index (χ0n) is 19.9. The highest BCUT2D eigenvalue weighted by Crippen LogP contribution is 2.30.